The maximum atomic E-state index is 6.09. The summed E-state index contributed by atoms with van der Waals surface area (Å²) in [5.41, 5.74) is 1.70. The monoisotopic (exact) mass is 259 g/mol. The maximum Gasteiger partial charge on any atom is 0.198 e. The predicted octanol–water partition coefficient (Wildman–Crippen LogP) is 2.63. The molecule has 2 aromatic heterocycles. The van der Waals surface area contributed by atoms with Crippen LogP contribution < -0.4 is 5.32 Å². The third-order valence-electron chi connectivity index (χ3n) is 2.46. The normalized spacial score (nSPS) is 13.0. The topological polar surface area (TPSA) is 43.0 Å². The molecule has 4 nitrogen and oxygen atoms in total. The Morgan fingerprint density at radius 3 is 2.69 bits per heavy atom. The van der Waals surface area contributed by atoms with Crippen LogP contribution in [0.25, 0.3) is 0 Å². The molecule has 1 N–H and O–H groups in total. The van der Waals surface area contributed by atoms with Crippen molar-refractivity contribution in [3.05, 3.63) is 40.0 Å². The summed E-state index contributed by atoms with van der Waals surface area (Å²) in [7, 11) is 3.66. The largest absolute Gasteiger partial charge is 0.453 e. The average molecular weight is 260 g/mol. The molecule has 2 rings (SSSR count). The third-order valence-corrected chi connectivity index (χ3v) is 3.06. The van der Waals surface area contributed by atoms with Crippen molar-refractivity contribution in [1.82, 2.24) is 15.1 Å². The van der Waals surface area contributed by atoms with Gasteiger partial charge in [-0.25, -0.2) is 0 Å². The molecule has 0 aliphatic carbocycles. The molecule has 2 heterocycles. The molecule has 0 spiro atoms. The van der Waals surface area contributed by atoms with Crippen molar-refractivity contribution in [2.24, 2.45) is 7.05 Å². The number of hydrogen-bond acceptors (Lipinski definition) is 3. The van der Waals surface area contributed by atoms with Crippen LogP contribution in [0, 0.1) is 0 Å². The van der Waals surface area contributed by atoms with Gasteiger partial charge in [-0.1, -0.05) is 11.6 Å². The van der Waals surface area contributed by atoms with Gasteiger partial charge in [0.2, 0.25) is 0 Å². The van der Waals surface area contributed by atoms with Gasteiger partial charge in [-0.2, -0.15) is 5.10 Å². The molecular formula is C10H11Cl2N3O. The van der Waals surface area contributed by atoms with Crippen LogP contribution in [0.1, 0.15) is 17.3 Å². The molecule has 86 valence electrons. The smallest absolute Gasteiger partial charge is 0.198 e. The van der Waals surface area contributed by atoms with Crippen LogP contribution in [0.2, 0.25) is 10.2 Å². The SMILES string of the molecule is CNC(c1ccoc1Cl)c1c(Cl)cnn1C. The van der Waals surface area contributed by atoms with Crippen LogP contribution in [0.15, 0.2) is 22.9 Å². The molecule has 1 unspecified atom stereocenters. The first kappa shape index (κ1) is 11.5. The molecule has 6 heteroatoms. The van der Waals surface area contributed by atoms with Gasteiger partial charge in [-0.15, -0.1) is 0 Å². The zero-order chi connectivity index (χ0) is 11.7. The van der Waals surface area contributed by atoms with Gasteiger partial charge in [0.15, 0.2) is 5.22 Å². The molecule has 0 bridgehead atoms. The Morgan fingerprint density at radius 1 is 1.50 bits per heavy atom. The van der Waals surface area contributed by atoms with Gasteiger partial charge in [-0.05, 0) is 24.7 Å². The number of halogens is 2. The lowest BCUT2D eigenvalue weighted by Gasteiger charge is -2.15. The zero-order valence-corrected chi connectivity index (χ0v) is 10.4. The number of aryl methyl sites for hydroxylation is 1. The minimum atomic E-state index is -0.133. The van der Waals surface area contributed by atoms with Crippen molar-refractivity contribution in [3.63, 3.8) is 0 Å². The first-order chi connectivity index (χ1) is 7.65. The van der Waals surface area contributed by atoms with Gasteiger partial charge in [0.05, 0.1) is 29.2 Å². The summed E-state index contributed by atoms with van der Waals surface area (Å²) in [5, 5.41) is 8.19. The van der Waals surface area contributed by atoms with Crippen molar-refractivity contribution < 1.29 is 4.42 Å². The van der Waals surface area contributed by atoms with E-state index in [1.165, 1.54) is 0 Å². The van der Waals surface area contributed by atoms with E-state index in [4.69, 9.17) is 27.6 Å². The van der Waals surface area contributed by atoms with Crippen molar-refractivity contribution in [3.8, 4) is 0 Å². The van der Waals surface area contributed by atoms with Gasteiger partial charge >= 0.3 is 0 Å². The molecule has 0 aliphatic rings. The van der Waals surface area contributed by atoms with Crippen LogP contribution in [0.5, 0.6) is 0 Å². The summed E-state index contributed by atoms with van der Waals surface area (Å²) in [5.74, 6) is 0. The lowest BCUT2D eigenvalue weighted by molar-refractivity contribution is 0.552. The molecule has 0 aliphatic heterocycles. The predicted molar refractivity (Wildman–Crippen MR) is 62.8 cm³/mol. The van der Waals surface area contributed by atoms with Gasteiger partial charge in [-0.3, -0.25) is 4.68 Å². The summed E-state index contributed by atoms with van der Waals surface area (Å²) in [4.78, 5) is 0. The average Bonchev–Trinajstić information content (AvgIpc) is 2.80. The molecule has 0 amide bonds. The lowest BCUT2D eigenvalue weighted by Crippen LogP contribution is -2.20. The van der Waals surface area contributed by atoms with Gasteiger partial charge in [0, 0.05) is 12.6 Å². The van der Waals surface area contributed by atoms with Crippen LogP contribution in [0.3, 0.4) is 0 Å². The van der Waals surface area contributed by atoms with E-state index < -0.39 is 0 Å². The van der Waals surface area contributed by atoms with E-state index in [1.807, 2.05) is 20.2 Å². The number of hydrogen-bond donors (Lipinski definition) is 1. The molecule has 0 radical (unpaired) electrons. The maximum absolute atomic E-state index is 6.09. The van der Waals surface area contributed by atoms with E-state index >= 15 is 0 Å². The highest BCUT2D eigenvalue weighted by atomic mass is 35.5. The van der Waals surface area contributed by atoms with Crippen LogP contribution in [-0.2, 0) is 7.05 Å². The van der Waals surface area contributed by atoms with Crippen LogP contribution in [0.4, 0.5) is 0 Å². The summed E-state index contributed by atoms with van der Waals surface area (Å²) >= 11 is 12.0. The molecule has 2 aromatic rings. The van der Waals surface area contributed by atoms with Crippen molar-refractivity contribution in [2.75, 3.05) is 7.05 Å². The Hall–Kier alpha value is -0.970. The number of rotatable bonds is 3. The molecule has 0 saturated carbocycles. The van der Waals surface area contributed by atoms with E-state index in [9.17, 15) is 0 Å². The summed E-state index contributed by atoms with van der Waals surface area (Å²) in [6.07, 6.45) is 3.15. The Bertz CT molecular complexity index is 472. The molecule has 1 atom stereocenters. The van der Waals surface area contributed by atoms with Gasteiger partial charge < -0.3 is 9.73 Å². The molecule has 0 aromatic carbocycles. The molecule has 16 heavy (non-hydrogen) atoms. The highest BCUT2D eigenvalue weighted by Crippen LogP contribution is 2.32. The minimum Gasteiger partial charge on any atom is -0.453 e. The van der Waals surface area contributed by atoms with Crippen molar-refractivity contribution in [2.45, 2.75) is 6.04 Å². The second-order valence-corrected chi connectivity index (χ2v) is 4.12. The number of nitrogens with one attached hydrogen (secondary N) is 1. The zero-order valence-electron chi connectivity index (χ0n) is 8.87. The second kappa shape index (κ2) is 4.49. The Balaban J connectivity index is 2.49. The minimum absolute atomic E-state index is 0.133. The van der Waals surface area contributed by atoms with Crippen LogP contribution in [-0.4, -0.2) is 16.8 Å². The Morgan fingerprint density at radius 2 is 2.25 bits per heavy atom. The first-order valence-corrected chi connectivity index (χ1v) is 5.48. The van der Waals surface area contributed by atoms with E-state index in [2.05, 4.69) is 10.4 Å². The molecular weight excluding hydrogens is 249 g/mol. The second-order valence-electron chi connectivity index (χ2n) is 3.37. The van der Waals surface area contributed by atoms with Crippen molar-refractivity contribution in [1.29, 1.82) is 0 Å². The third kappa shape index (κ3) is 1.84. The van der Waals surface area contributed by atoms with E-state index in [0.717, 1.165) is 11.3 Å². The lowest BCUT2D eigenvalue weighted by atomic mass is 10.1. The van der Waals surface area contributed by atoms with E-state index in [0.29, 0.717) is 10.2 Å². The molecule has 0 fully saturated rings. The summed E-state index contributed by atoms with van der Waals surface area (Å²) in [6, 6.07) is 1.68. The van der Waals surface area contributed by atoms with Crippen molar-refractivity contribution >= 4 is 23.2 Å². The van der Waals surface area contributed by atoms with Gasteiger partial charge in [0.1, 0.15) is 0 Å². The molecule has 0 saturated heterocycles. The summed E-state index contributed by atoms with van der Waals surface area (Å²) < 4.78 is 6.79. The van der Waals surface area contributed by atoms with Crippen LogP contribution >= 0.6 is 23.2 Å². The fraction of sp³-hybridized carbons (Fsp3) is 0.300. The number of nitrogens with zero attached hydrogens (tertiary/aromatic N) is 2. The highest BCUT2D eigenvalue weighted by Gasteiger charge is 2.22. The Kier molecular flexibility index (Phi) is 3.23. The Labute approximate surface area is 103 Å². The fourth-order valence-electron chi connectivity index (χ4n) is 1.69. The van der Waals surface area contributed by atoms with E-state index in [-0.39, 0.29) is 6.04 Å². The highest BCUT2D eigenvalue weighted by molar-refractivity contribution is 6.31. The number of aromatic nitrogens is 2. The summed E-state index contributed by atoms with van der Waals surface area (Å²) in [6.45, 7) is 0. The first-order valence-electron chi connectivity index (χ1n) is 4.72. The fourth-order valence-corrected chi connectivity index (χ4v) is 2.19. The standard InChI is InChI=1S/C10H11Cl2N3O/c1-13-8(6-3-4-16-10(6)12)9-7(11)5-14-15(9)2/h3-5,8,13H,1-2H3. The quantitative estimate of drug-likeness (QED) is 0.922. The van der Waals surface area contributed by atoms with E-state index in [1.54, 1.807) is 17.1 Å². The van der Waals surface area contributed by atoms with Gasteiger partial charge in [0.25, 0.3) is 0 Å². The number of furan rings is 1.